The lowest BCUT2D eigenvalue weighted by molar-refractivity contribution is -0.143. The van der Waals surface area contributed by atoms with Crippen LogP contribution in [0, 0.1) is 12.3 Å². The van der Waals surface area contributed by atoms with Gasteiger partial charge in [-0.05, 0) is 73.8 Å². The second-order valence-electron chi connectivity index (χ2n) is 18.9. The molecule has 3 atom stereocenters. The molecule has 2 fully saturated rings. The summed E-state index contributed by atoms with van der Waals surface area (Å²) in [7, 11) is 3.29. The van der Waals surface area contributed by atoms with Crippen molar-refractivity contribution in [3.05, 3.63) is 71.0 Å². The number of amides is 5. The number of rotatable bonds is 20. The van der Waals surface area contributed by atoms with Gasteiger partial charge in [0.05, 0.1) is 54.8 Å². The Balaban J connectivity index is 0.819. The molecular formula is C50H67N11O7S. The number of likely N-dealkylation sites (N-methyl/N-ethyl adjacent to an activating group) is 1. The van der Waals surface area contributed by atoms with E-state index < -0.39 is 17.5 Å². The first-order chi connectivity index (χ1) is 33.2. The molecule has 5 N–H and O–H groups in total. The summed E-state index contributed by atoms with van der Waals surface area (Å²) >= 11 is 1.59. The van der Waals surface area contributed by atoms with Crippen LogP contribution >= 0.6 is 11.3 Å². The van der Waals surface area contributed by atoms with Gasteiger partial charge in [-0.15, -0.1) is 11.3 Å². The summed E-state index contributed by atoms with van der Waals surface area (Å²) in [6.45, 7) is 11.6. The molecule has 19 heteroatoms. The van der Waals surface area contributed by atoms with E-state index in [1.807, 2.05) is 64.4 Å². The van der Waals surface area contributed by atoms with E-state index >= 15 is 0 Å². The molecule has 1 unspecified atom stereocenters. The van der Waals surface area contributed by atoms with E-state index in [2.05, 4.69) is 41.5 Å². The number of methoxy groups -OCH3 is 1. The topological polar surface area (TPSA) is 212 Å². The van der Waals surface area contributed by atoms with Gasteiger partial charge in [-0.1, -0.05) is 64.8 Å². The first kappa shape index (κ1) is 50.7. The molecule has 1 saturated carbocycles. The first-order valence-electron chi connectivity index (χ1n) is 24.0. The van der Waals surface area contributed by atoms with Gasteiger partial charge in [-0.3, -0.25) is 24.0 Å². The highest BCUT2D eigenvalue weighted by Gasteiger charge is 2.43. The number of likely N-dealkylation sites (tertiary alicyclic amines) is 1. The molecule has 2 aliphatic heterocycles. The summed E-state index contributed by atoms with van der Waals surface area (Å²) in [5.41, 5.74) is 5.88. The fourth-order valence-electron chi connectivity index (χ4n) is 9.28. The molecular weight excluding hydrogens is 899 g/mol. The van der Waals surface area contributed by atoms with Crippen molar-refractivity contribution in [2.75, 3.05) is 68.7 Å². The predicted molar refractivity (Wildman–Crippen MR) is 267 cm³/mol. The van der Waals surface area contributed by atoms with Gasteiger partial charge in [0.2, 0.25) is 29.6 Å². The zero-order chi connectivity index (χ0) is 49.2. The molecule has 0 spiro atoms. The Labute approximate surface area is 408 Å². The van der Waals surface area contributed by atoms with Crippen molar-refractivity contribution in [2.24, 2.45) is 5.41 Å². The highest BCUT2D eigenvalue weighted by atomic mass is 32.1. The molecule has 1 aliphatic carbocycles. The number of carbonyl (C=O) groups is 5. The Bertz CT molecular complexity index is 2450. The Kier molecular flexibility index (Phi) is 16.9. The van der Waals surface area contributed by atoms with Crippen LogP contribution in [0.25, 0.3) is 10.4 Å². The quantitative estimate of drug-likeness (QED) is 0.0710. The minimum absolute atomic E-state index is 0.0346. The fraction of sp³-hybridized carbons (Fsp3) is 0.520. The molecule has 69 heavy (non-hydrogen) atoms. The van der Waals surface area contributed by atoms with Gasteiger partial charge in [0.25, 0.3) is 5.91 Å². The van der Waals surface area contributed by atoms with Crippen molar-refractivity contribution in [1.82, 2.24) is 41.1 Å². The van der Waals surface area contributed by atoms with Crippen LogP contribution in [-0.4, -0.2) is 127 Å². The van der Waals surface area contributed by atoms with Crippen LogP contribution in [0.2, 0.25) is 0 Å². The number of aryl methyl sites for hydroxylation is 1. The van der Waals surface area contributed by atoms with Crippen molar-refractivity contribution in [3.63, 3.8) is 0 Å². The highest BCUT2D eigenvalue weighted by molar-refractivity contribution is 7.13. The number of anilines is 4. The monoisotopic (exact) mass is 965 g/mol. The van der Waals surface area contributed by atoms with Crippen molar-refractivity contribution >= 4 is 64.0 Å². The van der Waals surface area contributed by atoms with Crippen LogP contribution in [0.15, 0.2) is 54.2 Å². The normalized spacial score (nSPS) is 17.7. The molecule has 0 radical (unpaired) electrons. The molecule has 18 nitrogen and oxygen atoms in total. The lowest BCUT2D eigenvalue weighted by Crippen LogP contribution is -2.58. The van der Waals surface area contributed by atoms with E-state index in [1.165, 1.54) is 7.11 Å². The van der Waals surface area contributed by atoms with Crippen LogP contribution < -0.4 is 41.1 Å². The maximum absolute atomic E-state index is 14.0. The van der Waals surface area contributed by atoms with Crippen molar-refractivity contribution < 1.29 is 33.4 Å². The van der Waals surface area contributed by atoms with Crippen LogP contribution in [0.5, 0.6) is 5.75 Å². The van der Waals surface area contributed by atoms with Gasteiger partial charge in [-0.25, -0.2) is 9.97 Å². The molecule has 370 valence electrons. The summed E-state index contributed by atoms with van der Waals surface area (Å²) in [5, 5.41) is 15.1. The molecule has 0 bridgehead atoms. The molecule has 2 aromatic heterocycles. The lowest BCUT2D eigenvalue weighted by atomic mass is 9.85. The van der Waals surface area contributed by atoms with E-state index in [-0.39, 0.29) is 67.9 Å². The average Bonchev–Trinajstić information content (AvgIpc) is 4.15. The van der Waals surface area contributed by atoms with Crippen molar-refractivity contribution in [1.29, 1.82) is 0 Å². The number of ether oxygens (including phenoxy) is 2. The molecule has 7 rings (SSSR count). The predicted octanol–water partition coefficient (Wildman–Crippen LogP) is 5.34. The zero-order valence-corrected chi connectivity index (χ0v) is 41.7. The van der Waals surface area contributed by atoms with Gasteiger partial charge in [0, 0.05) is 44.8 Å². The molecule has 3 aliphatic rings. The summed E-state index contributed by atoms with van der Waals surface area (Å²) in [6.07, 6.45) is 7.88. The number of nitrogens with one attached hydrogen (secondary N) is 5. The Hall–Kier alpha value is -6.18. The third-order valence-electron chi connectivity index (χ3n) is 13.0. The summed E-state index contributed by atoms with van der Waals surface area (Å²) < 4.78 is 11.4. The molecule has 4 aromatic rings. The molecule has 4 heterocycles. The van der Waals surface area contributed by atoms with Gasteiger partial charge >= 0.3 is 0 Å². The van der Waals surface area contributed by atoms with E-state index in [9.17, 15) is 24.0 Å². The van der Waals surface area contributed by atoms with Gasteiger partial charge in [0.1, 0.15) is 29.6 Å². The van der Waals surface area contributed by atoms with Crippen LogP contribution in [0.3, 0.4) is 0 Å². The number of carbonyl (C=O) groups excluding carboxylic acids is 5. The van der Waals surface area contributed by atoms with E-state index in [0.29, 0.717) is 67.5 Å². The van der Waals surface area contributed by atoms with Crippen molar-refractivity contribution in [3.8, 4) is 16.2 Å². The standard InChI is InChI=1S/C50H67N11O7S/c1-8-37-47(65)59(6)39-28-54-49(58-44(39)61(37)35-12-9-10-13-35)56-36-20-19-34(26-40(36)67-7)45(63)52-22-25-68-24-21-51-29-41(62)57-43(50(3,4)5)48(66)60-23-11-14-38(60)46(64)53-27-32-15-17-33(18-16-32)42-31(2)55-30-69-42/h15-20,26,28,30,35,37-38,43,51H,8-14,21-25,27,29H2,1-7H3,(H,52,63)(H,53,64)(H,57,62)(H,54,56,58)/t37-,38+,43?/m1/s1. The van der Waals surface area contributed by atoms with Crippen LogP contribution in [-0.2, 0) is 30.5 Å². The number of thiazole rings is 1. The third kappa shape index (κ3) is 12.2. The Morgan fingerprint density at radius 3 is 2.41 bits per heavy atom. The summed E-state index contributed by atoms with van der Waals surface area (Å²) in [5.74, 6) is 0.426. The molecule has 2 aromatic carbocycles. The van der Waals surface area contributed by atoms with E-state index in [0.717, 1.165) is 53.2 Å². The third-order valence-corrected chi connectivity index (χ3v) is 14.0. The number of hydrogen-bond acceptors (Lipinski definition) is 14. The number of nitrogens with zero attached hydrogens (tertiary/aromatic N) is 6. The van der Waals surface area contributed by atoms with Crippen LogP contribution in [0.1, 0.15) is 94.3 Å². The molecule has 1 saturated heterocycles. The van der Waals surface area contributed by atoms with Gasteiger partial charge < -0.3 is 50.8 Å². The highest BCUT2D eigenvalue weighted by Crippen LogP contribution is 2.40. The number of benzene rings is 2. The minimum atomic E-state index is -0.837. The van der Waals surface area contributed by atoms with E-state index in [1.54, 1.807) is 52.6 Å². The van der Waals surface area contributed by atoms with Crippen LogP contribution in [0.4, 0.5) is 23.1 Å². The Morgan fingerprint density at radius 2 is 1.71 bits per heavy atom. The van der Waals surface area contributed by atoms with Gasteiger partial charge in [0.15, 0.2) is 5.82 Å². The first-order valence-corrected chi connectivity index (χ1v) is 24.9. The number of hydrogen-bond donors (Lipinski definition) is 5. The molecule has 5 amide bonds. The number of aromatic nitrogens is 3. The van der Waals surface area contributed by atoms with Gasteiger partial charge in [-0.2, -0.15) is 4.98 Å². The largest absolute Gasteiger partial charge is 0.495 e. The average molecular weight is 966 g/mol. The lowest BCUT2D eigenvalue weighted by Gasteiger charge is -2.43. The minimum Gasteiger partial charge on any atom is -0.495 e. The maximum Gasteiger partial charge on any atom is 0.251 e. The Morgan fingerprint density at radius 1 is 0.957 bits per heavy atom. The number of fused-ring (bicyclic) bond motifs is 1. The zero-order valence-electron chi connectivity index (χ0n) is 40.9. The fourth-order valence-corrected chi connectivity index (χ4v) is 10.1. The maximum atomic E-state index is 14.0. The smallest absolute Gasteiger partial charge is 0.251 e. The second kappa shape index (κ2) is 23.0. The SMILES string of the molecule is CC[C@@H]1C(=O)N(C)c2cnc(Nc3ccc(C(=O)NCCOCCNCC(=O)NC(C(=O)N4CCC[C@H]4C(=O)NCc4ccc(-c5scnc5C)cc4)C(C)(C)C)cc3OC)nc2N1C1CCCC1. The summed E-state index contributed by atoms with van der Waals surface area (Å²) in [4.78, 5) is 87.2. The van der Waals surface area contributed by atoms with E-state index in [4.69, 9.17) is 14.5 Å². The van der Waals surface area contributed by atoms with Crippen molar-refractivity contribution in [2.45, 2.75) is 110 Å². The summed E-state index contributed by atoms with van der Waals surface area (Å²) in [6, 6.07) is 11.6. The second-order valence-corrected chi connectivity index (χ2v) is 19.7.